The molecule has 0 saturated carbocycles. The standard InChI is InChI=1S/C16H23N3O/c1-4-11-20-15-7-5-14(6-8-15)18-16-17-9-10-19(16)12-13(2)3/h5-10,13H,4,11-12H2,1-3H3,(H,17,18). The molecule has 0 bridgehead atoms. The topological polar surface area (TPSA) is 39.1 Å². The Labute approximate surface area is 120 Å². The van der Waals surface area contributed by atoms with E-state index in [1.165, 1.54) is 0 Å². The predicted octanol–water partition coefficient (Wildman–Crippen LogP) is 4.07. The van der Waals surface area contributed by atoms with Crippen molar-refractivity contribution in [2.45, 2.75) is 33.7 Å². The van der Waals surface area contributed by atoms with Gasteiger partial charge < -0.3 is 14.6 Å². The van der Waals surface area contributed by atoms with E-state index < -0.39 is 0 Å². The van der Waals surface area contributed by atoms with E-state index in [0.717, 1.165) is 37.0 Å². The van der Waals surface area contributed by atoms with Gasteiger partial charge in [0, 0.05) is 24.6 Å². The van der Waals surface area contributed by atoms with Crippen LogP contribution in [0.15, 0.2) is 36.7 Å². The summed E-state index contributed by atoms with van der Waals surface area (Å²) >= 11 is 0. The Balaban J connectivity index is 2.01. The molecule has 0 saturated heterocycles. The molecule has 0 amide bonds. The van der Waals surface area contributed by atoms with E-state index in [-0.39, 0.29) is 0 Å². The highest BCUT2D eigenvalue weighted by atomic mass is 16.5. The van der Waals surface area contributed by atoms with Crippen molar-refractivity contribution in [3.8, 4) is 5.75 Å². The molecule has 20 heavy (non-hydrogen) atoms. The highest BCUT2D eigenvalue weighted by Crippen LogP contribution is 2.19. The van der Waals surface area contributed by atoms with Crippen LogP contribution in [-0.4, -0.2) is 16.2 Å². The summed E-state index contributed by atoms with van der Waals surface area (Å²) in [5.41, 5.74) is 1.02. The first-order valence-corrected chi connectivity index (χ1v) is 7.20. The molecule has 1 heterocycles. The number of anilines is 2. The van der Waals surface area contributed by atoms with Crippen LogP contribution in [0, 0.1) is 5.92 Å². The lowest BCUT2D eigenvalue weighted by atomic mass is 10.2. The summed E-state index contributed by atoms with van der Waals surface area (Å²) in [6.07, 6.45) is 4.84. The zero-order valence-electron chi connectivity index (χ0n) is 12.5. The number of nitrogens with one attached hydrogen (secondary N) is 1. The highest BCUT2D eigenvalue weighted by Gasteiger charge is 2.05. The normalized spacial score (nSPS) is 10.8. The number of rotatable bonds is 7. The third kappa shape index (κ3) is 4.02. The van der Waals surface area contributed by atoms with Crippen molar-refractivity contribution in [2.75, 3.05) is 11.9 Å². The van der Waals surface area contributed by atoms with Crippen molar-refractivity contribution in [1.82, 2.24) is 9.55 Å². The van der Waals surface area contributed by atoms with Crippen LogP contribution in [0.25, 0.3) is 0 Å². The highest BCUT2D eigenvalue weighted by molar-refractivity contribution is 5.54. The lowest BCUT2D eigenvalue weighted by molar-refractivity contribution is 0.317. The number of nitrogens with zero attached hydrogens (tertiary/aromatic N) is 2. The minimum absolute atomic E-state index is 0.592. The van der Waals surface area contributed by atoms with Crippen LogP contribution in [0.2, 0.25) is 0 Å². The van der Waals surface area contributed by atoms with Gasteiger partial charge in [-0.1, -0.05) is 20.8 Å². The van der Waals surface area contributed by atoms with E-state index >= 15 is 0 Å². The summed E-state index contributed by atoms with van der Waals surface area (Å²) in [5, 5.41) is 3.34. The Morgan fingerprint density at radius 3 is 2.65 bits per heavy atom. The van der Waals surface area contributed by atoms with Gasteiger partial charge in [-0.05, 0) is 36.6 Å². The maximum absolute atomic E-state index is 5.57. The van der Waals surface area contributed by atoms with Crippen molar-refractivity contribution in [2.24, 2.45) is 5.92 Å². The summed E-state index contributed by atoms with van der Waals surface area (Å²) in [4.78, 5) is 4.36. The van der Waals surface area contributed by atoms with Gasteiger partial charge in [0.05, 0.1) is 6.61 Å². The Bertz CT molecular complexity index is 517. The molecule has 0 radical (unpaired) electrons. The molecule has 4 nitrogen and oxygen atoms in total. The largest absolute Gasteiger partial charge is 0.494 e. The molecule has 0 spiro atoms. The molecule has 0 atom stereocenters. The molecule has 2 rings (SSSR count). The molecular formula is C16H23N3O. The van der Waals surface area contributed by atoms with E-state index in [9.17, 15) is 0 Å². The second kappa shape index (κ2) is 6.98. The predicted molar refractivity (Wildman–Crippen MR) is 82.6 cm³/mol. The molecule has 108 valence electrons. The van der Waals surface area contributed by atoms with Gasteiger partial charge in [0.25, 0.3) is 0 Å². The Kier molecular flexibility index (Phi) is 5.04. The van der Waals surface area contributed by atoms with Crippen LogP contribution in [-0.2, 0) is 6.54 Å². The molecule has 0 aliphatic carbocycles. The maximum Gasteiger partial charge on any atom is 0.207 e. The van der Waals surface area contributed by atoms with Crippen molar-refractivity contribution < 1.29 is 4.74 Å². The second-order valence-electron chi connectivity index (χ2n) is 5.29. The Morgan fingerprint density at radius 2 is 2.00 bits per heavy atom. The third-order valence-electron chi connectivity index (χ3n) is 2.86. The SMILES string of the molecule is CCCOc1ccc(Nc2nccn2CC(C)C)cc1. The van der Waals surface area contributed by atoms with Gasteiger partial charge in [-0.3, -0.25) is 0 Å². The monoisotopic (exact) mass is 273 g/mol. The first-order chi connectivity index (χ1) is 9.69. The van der Waals surface area contributed by atoms with Crippen LogP contribution >= 0.6 is 0 Å². The average Bonchev–Trinajstić information content (AvgIpc) is 2.84. The fourth-order valence-electron chi connectivity index (χ4n) is 1.96. The minimum Gasteiger partial charge on any atom is -0.494 e. The van der Waals surface area contributed by atoms with Gasteiger partial charge in [-0.25, -0.2) is 4.98 Å². The number of benzene rings is 1. The molecule has 0 unspecified atom stereocenters. The quantitative estimate of drug-likeness (QED) is 0.826. The molecular weight excluding hydrogens is 250 g/mol. The first kappa shape index (κ1) is 14.4. The number of hydrogen-bond donors (Lipinski definition) is 1. The summed E-state index contributed by atoms with van der Waals surface area (Å²) in [6, 6.07) is 7.99. The van der Waals surface area contributed by atoms with Gasteiger partial charge in [0.2, 0.25) is 5.95 Å². The summed E-state index contributed by atoms with van der Waals surface area (Å²) < 4.78 is 7.70. The summed E-state index contributed by atoms with van der Waals surface area (Å²) in [7, 11) is 0. The molecule has 1 N–H and O–H groups in total. The lowest BCUT2D eigenvalue weighted by Gasteiger charge is -2.12. The van der Waals surface area contributed by atoms with Crippen molar-refractivity contribution in [3.63, 3.8) is 0 Å². The van der Waals surface area contributed by atoms with Gasteiger partial charge in [-0.2, -0.15) is 0 Å². The smallest absolute Gasteiger partial charge is 0.207 e. The molecule has 2 aromatic rings. The molecule has 1 aromatic carbocycles. The van der Waals surface area contributed by atoms with Crippen LogP contribution in [0.1, 0.15) is 27.2 Å². The summed E-state index contributed by atoms with van der Waals surface area (Å²) in [5.74, 6) is 2.37. The van der Waals surface area contributed by atoms with Gasteiger partial charge in [-0.15, -0.1) is 0 Å². The van der Waals surface area contributed by atoms with Gasteiger partial charge >= 0.3 is 0 Å². The Hall–Kier alpha value is -1.97. The van der Waals surface area contributed by atoms with E-state index in [1.54, 1.807) is 0 Å². The number of imidazole rings is 1. The van der Waals surface area contributed by atoms with Crippen LogP contribution < -0.4 is 10.1 Å². The van der Waals surface area contributed by atoms with Crippen molar-refractivity contribution >= 4 is 11.6 Å². The number of aromatic nitrogens is 2. The molecule has 0 aliphatic heterocycles. The van der Waals surface area contributed by atoms with E-state index in [0.29, 0.717) is 5.92 Å². The van der Waals surface area contributed by atoms with Crippen molar-refractivity contribution in [1.29, 1.82) is 0 Å². The van der Waals surface area contributed by atoms with E-state index in [1.807, 2.05) is 36.7 Å². The zero-order chi connectivity index (χ0) is 14.4. The average molecular weight is 273 g/mol. The van der Waals surface area contributed by atoms with E-state index in [2.05, 4.69) is 35.6 Å². The number of ether oxygens (including phenoxy) is 1. The maximum atomic E-state index is 5.57. The Morgan fingerprint density at radius 1 is 1.25 bits per heavy atom. The van der Waals surface area contributed by atoms with Crippen LogP contribution in [0.3, 0.4) is 0 Å². The second-order valence-corrected chi connectivity index (χ2v) is 5.29. The molecule has 4 heteroatoms. The minimum atomic E-state index is 0.592. The third-order valence-corrected chi connectivity index (χ3v) is 2.86. The number of hydrogen-bond acceptors (Lipinski definition) is 3. The lowest BCUT2D eigenvalue weighted by Crippen LogP contribution is -2.07. The molecule has 1 aromatic heterocycles. The molecule has 0 fully saturated rings. The van der Waals surface area contributed by atoms with Gasteiger partial charge in [0.15, 0.2) is 0 Å². The van der Waals surface area contributed by atoms with Gasteiger partial charge in [0.1, 0.15) is 5.75 Å². The van der Waals surface area contributed by atoms with Crippen molar-refractivity contribution in [3.05, 3.63) is 36.7 Å². The fourth-order valence-corrected chi connectivity index (χ4v) is 1.96. The van der Waals surface area contributed by atoms with Crippen LogP contribution in [0.5, 0.6) is 5.75 Å². The van der Waals surface area contributed by atoms with Crippen LogP contribution in [0.4, 0.5) is 11.6 Å². The fraction of sp³-hybridized carbons (Fsp3) is 0.438. The van der Waals surface area contributed by atoms with E-state index in [4.69, 9.17) is 4.74 Å². The summed E-state index contributed by atoms with van der Waals surface area (Å²) in [6.45, 7) is 8.21. The first-order valence-electron chi connectivity index (χ1n) is 7.20. The zero-order valence-corrected chi connectivity index (χ0v) is 12.5. The molecule has 0 aliphatic rings.